The number of carbonyl (C=O) groups excluding carboxylic acids is 2. The Morgan fingerprint density at radius 3 is 2.46 bits per heavy atom. The van der Waals surface area contributed by atoms with Gasteiger partial charge in [-0.3, -0.25) is 4.79 Å². The Morgan fingerprint density at radius 2 is 1.81 bits per heavy atom. The third-order valence-electron chi connectivity index (χ3n) is 4.39. The van der Waals surface area contributed by atoms with E-state index >= 15 is 0 Å². The van der Waals surface area contributed by atoms with Crippen molar-refractivity contribution in [1.82, 2.24) is 10.2 Å². The zero-order valence-corrected chi connectivity index (χ0v) is 14.7. The van der Waals surface area contributed by atoms with Crippen LogP contribution in [0.15, 0.2) is 54.6 Å². The fourth-order valence-electron chi connectivity index (χ4n) is 3.11. The number of morpholine rings is 1. The van der Waals surface area contributed by atoms with E-state index in [0.717, 1.165) is 11.1 Å². The molecule has 3 amide bonds. The molecule has 0 aromatic heterocycles. The molecule has 0 saturated carbocycles. The van der Waals surface area contributed by atoms with Crippen molar-refractivity contribution in [2.45, 2.75) is 25.7 Å². The van der Waals surface area contributed by atoms with Crippen molar-refractivity contribution in [3.8, 4) is 0 Å². The van der Waals surface area contributed by atoms with Crippen molar-refractivity contribution in [2.24, 2.45) is 5.73 Å². The molecule has 0 bridgehead atoms. The molecule has 3 N–H and O–H groups in total. The summed E-state index contributed by atoms with van der Waals surface area (Å²) >= 11 is 0. The molecule has 2 atom stereocenters. The summed E-state index contributed by atoms with van der Waals surface area (Å²) in [5.41, 5.74) is 7.65. The van der Waals surface area contributed by atoms with Crippen molar-refractivity contribution in [3.05, 3.63) is 71.3 Å². The van der Waals surface area contributed by atoms with Gasteiger partial charge in [0, 0.05) is 18.7 Å². The second-order valence-electron chi connectivity index (χ2n) is 6.47. The zero-order valence-electron chi connectivity index (χ0n) is 14.7. The summed E-state index contributed by atoms with van der Waals surface area (Å²) in [6.07, 6.45) is -0.153. The Bertz CT molecular complexity index is 762. The molecule has 6 heteroatoms. The van der Waals surface area contributed by atoms with Crippen LogP contribution >= 0.6 is 0 Å². The van der Waals surface area contributed by atoms with Crippen LogP contribution < -0.4 is 11.1 Å². The summed E-state index contributed by atoms with van der Waals surface area (Å²) in [4.78, 5) is 25.5. The van der Waals surface area contributed by atoms with Gasteiger partial charge in [0.25, 0.3) is 5.91 Å². The molecule has 1 aliphatic rings. The van der Waals surface area contributed by atoms with Crippen LogP contribution in [0.3, 0.4) is 0 Å². The molecule has 136 valence electrons. The van der Waals surface area contributed by atoms with Crippen LogP contribution in [0.5, 0.6) is 0 Å². The Kier molecular flexibility index (Phi) is 5.53. The van der Waals surface area contributed by atoms with Gasteiger partial charge in [0.2, 0.25) is 0 Å². The number of benzene rings is 2. The summed E-state index contributed by atoms with van der Waals surface area (Å²) in [5.74, 6) is -0.0181. The van der Waals surface area contributed by atoms with Crippen LogP contribution in [0.1, 0.15) is 34.5 Å². The topological polar surface area (TPSA) is 84.7 Å². The predicted molar refractivity (Wildman–Crippen MR) is 98.5 cm³/mol. The number of primary amides is 1. The molecular weight excluding hydrogens is 330 g/mol. The minimum atomic E-state index is -0.570. The van der Waals surface area contributed by atoms with E-state index < -0.39 is 6.03 Å². The van der Waals surface area contributed by atoms with E-state index in [1.54, 1.807) is 12.1 Å². The van der Waals surface area contributed by atoms with Gasteiger partial charge in [-0.15, -0.1) is 0 Å². The summed E-state index contributed by atoms with van der Waals surface area (Å²) in [7, 11) is 0. The summed E-state index contributed by atoms with van der Waals surface area (Å²) in [5, 5.41) is 2.53. The molecule has 1 saturated heterocycles. The molecule has 26 heavy (non-hydrogen) atoms. The maximum Gasteiger partial charge on any atom is 0.312 e. The lowest BCUT2D eigenvalue weighted by atomic mass is 10.0. The minimum absolute atomic E-state index is 0.0181. The van der Waals surface area contributed by atoms with E-state index in [1.807, 2.05) is 54.3 Å². The number of nitrogens with two attached hydrogens (primary N) is 1. The molecule has 3 rings (SSSR count). The van der Waals surface area contributed by atoms with E-state index in [4.69, 9.17) is 10.5 Å². The van der Waals surface area contributed by atoms with Crippen LogP contribution in [0.4, 0.5) is 4.79 Å². The zero-order chi connectivity index (χ0) is 18.5. The number of amides is 3. The highest BCUT2D eigenvalue weighted by molar-refractivity contribution is 5.94. The van der Waals surface area contributed by atoms with Gasteiger partial charge in [0.15, 0.2) is 0 Å². The standard InChI is InChI=1S/C20H23N3O3/c1-14-12-23(13-18(26-14)16-5-3-2-4-6-16)19(24)17-9-7-15(8-10-17)11-22-20(21)25/h2-10,14,18H,11-13H2,1H3,(H3,21,22,25). The van der Waals surface area contributed by atoms with Gasteiger partial charge in [-0.1, -0.05) is 42.5 Å². The lowest BCUT2D eigenvalue weighted by Crippen LogP contribution is -2.45. The lowest BCUT2D eigenvalue weighted by Gasteiger charge is -2.37. The van der Waals surface area contributed by atoms with Crippen molar-refractivity contribution in [1.29, 1.82) is 0 Å². The van der Waals surface area contributed by atoms with Crippen molar-refractivity contribution in [2.75, 3.05) is 13.1 Å². The predicted octanol–water partition coefficient (Wildman–Crippen LogP) is 2.46. The van der Waals surface area contributed by atoms with Crippen molar-refractivity contribution in [3.63, 3.8) is 0 Å². The minimum Gasteiger partial charge on any atom is -0.367 e. The lowest BCUT2D eigenvalue weighted by molar-refractivity contribution is -0.0691. The van der Waals surface area contributed by atoms with E-state index in [2.05, 4.69) is 5.32 Å². The average Bonchev–Trinajstić information content (AvgIpc) is 2.66. The van der Waals surface area contributed by atoms with Crippen LogP contribution in [0.25, 0.3) is 0 Å². The molecule has 2 aromatic rings. The van der Waals surface area contributed by atoms with Crippen molar-refractivity contribution >= 4 is 11.9 Å². The molecule has 2 aromatic carbocycles. The molecule has 1 fully saturated rings. The average molecular weight is 353 g/mol. The number of urea groups is 1. The second kappa shape index (κ2) is 8.01. The van der Waals surface area contributed by atoms with Crippen LogP contribution in [0, 0.1) is 0 Å². The number of carbonyl (C=O) groups is 2. The molecule has 2 unspecified atom stereocenters. The first kappa shape index (κ1) is 17.9. The molecule has 0 radical (unpaired) electrons. The third kappa shape index (κ3) is 4.40. The summed E-state index contributed by atoms with van der Waals surface area (Å²) in [6.45, 7) is 3.41. The van der Waals surface area contributed by atoms with Gasteiger partial charge in [-0.05, 0) is 30.2 Å². The van der Waals surface area contributed by atoms with E-state index in [9.17, 15) is 9.59 Å². The quantitative estimate of drug-likeness (QED) is 0.885. The normalized spacial score (nSPS) is 19.8. The fourth-order valence-corrected chi connectivity index (χ4v) is 3.11. The van der Waals surface area contributed by atoms with E-state index in [1.165, 1.54) is 0 Å². The number of hydrogen-bond donors (Lipinski definition) is 2. The first-order valence-electron chi connectivity index (χ1n) is 8.65. The highest BCUT2D eigenvalue weighted by atomic mass is 16.5. The Hall–Kier alpha value is -2.86. The SMILES string of the molecule is CC1CN(C(=O)c2ccc(CNC(N)=O)cc2)CC(c2ccccc2)O1. The molecule has 1 heterocycles. The molecule has 0 spiro atoms. The number of hydrogen-bond acceptors (Lipinski definition) is 3. The number of ether oxygens (including phenoxy) is 1. The highest BCUT2D eigenvalue weighted by Crippen LogP contribution is 2.26. The van der Waals surface area contributed by atoms with Gasteiger partial charge in [0.05, 0.1) is 12.6 Å². The van der Waals surface area contributed by atoms with Gasteiger partial charge >= 0.3 is 6.03 Å². The van der Waals surface area contributed by atoms with Gasteiger partial charge < -0.3 is 20.7 Å². The van der Waals surface area contributed by atoms with Gasteiger partial charge in [-0.2, -0.15) is 0 Å². The largest absolute Gasteiger partial charge is 0.367 e. The molecular formula is C20H23N3O3. The molecule has 0 aliphatic carbocycles. The Morgan fingerprint density at radius 1 is 1.12 bits per heavy atom. The number of nitrogens with one attached hydrogen (secondary N) is 1. The van der Waals surface area contributed by atoms with Crippen LogP contribution in [-0.4, -0.2) is 36.0 Å². The maximum absolute atomic E-state index is 12.9. The Balaban J connectivity index is 1.69. The summed E-state index contributed by atoms with van der Waals surface area (Å²) < 4.78 is 6.02. The molecule has 1 aliphatic heterocycles. The fraction of sp³-hybridized carbons (Fsp3) is 0.300. The van der Waals surface area contributed by atoms with Gasteiger partial charge in [0.1, 0.15) is 6.10 Å². The Labute approximate surface area is 152 Å². The van der Waals surface area contributed by atoms with Gasteiger partial charge in [-0.25, -0.2) is 4.79 Å². The first-order valence-corrected chi connectivity index (χ1v) is 8.65. The highest BCUT2D eigenvalue weighted by Gasteiger charge is 2.29. The third-order valence-corrected chi connectivity index (χ3v) is 4.39. The number of rotatable bonds is 4. The maximum atomic E-state index is 12.9. The van der Waals surface area contributed by atoms with E-state index in [-0.39, 0.29) is 18.1 Å². The molecule has 6 nitrogen and oxygen atoms in total. The summed E-state index contributed by atoms with van der Waals surface area (Å²) in [6, 6.07) is 16.6. The van der Waals surface area contributed by atoms with Crippen molar-refractivity contribution < 1.29 is 14.3 Å². The van der Waals surface area contributed by atoms with E-state index in [0.29, 0.717) is 25.2 Å². The second-order valence-corrected chi connectivity index (χ2v) is 6.47. The first-order chi connectivity index (χ1) is 12.5. The van der Waals surface area contributed by atoms with Crippen LogP contribution in [0.2, 0.25) is 0 Å². The number of nitrogens with zero attached hydrogens (tertiary/aromatic N) is 1. The monoisotopic (exact) mass is 353 g/mol. The smallest absolute Gasteiger partial charge is 0.312 e. The van der Waals surface area contributed by atoms with Crippen LogP contribution in [-0.2, 0) is 11.3 Å².